The second-order valence-corrected chi connectivity index (χ2v) is 2.95. The average molecular weight is 158 g/mol. The molecule has 0 fully saturated rings. The zero-order valence-electron chi connectivity index (χ0n) is 8.05. The van der Waals surface area contributed by atoms with Crippen molar-refractivity contribution in [2.24, 2.45) is 0 Å². The van der Waals surface area contributed by atoms with Crippen LogP contribution in [0.4, 0.5) is 0 Å². The van der Waals surface area contributed by atoms with Gasteiger partial charge in [0, 0.05) is 7.11 Å². The van der Waals surface area contributed by atoms with E-state index in [1.807, 2.05) is 39.8 Å². The van der Waals surface area contributed by atoms with E-state index in [9.17, 15) is 0 Å². The molecule has 1 unspecified atom stereocenters. The second-order valence-electron chi connectivity index (χ2n) is 2.95. The van der Waals surface area contributed by atoms with E-state index in [2.05, 4.69) is 0 Å². The molecule has 0 aromatic carbocycles. The van der Waals surface area contributed by atoms with Gasteiger partial charge in [0.1, 0.15) is 0 Å². The van der Waals surface area contributed by atoms with Crippen LogP contribution in [0, 0.1) is 0 Å². The summed E-state index contributed by atoms with van der Waals surface area (Å²) in [4.78, 5) is 0. The Morgan fingerprint density at radius 3 is 2.27 bits per heavy atom. The maximum absolute atomic E-state index is 5.52. The lowest BCUT2D eigenvalue weighted by atomic mass is 10.3. The van der Waals surface area contributed by atoms with Crippen molar-refractivity contribution in [3.8, 4) is 0 Å². The quantitative estimate of drug-likeness (QED) is 0.462. The highest BCUT2D eigenvalue weighted by Crippen LogP contribution is 2.12. The highest BCUT2D eigenvalue weighted by molar-refractivity contribution is 4.84. The molecule has 0 heterocycles. The number of allylic oxidation sites excluding steroid dienone is 1. The van der Waals surface area contributed by atoms with Crippen LogP contribution in [0.3, 0.4) is 0 Å². The fourth-order valence-electron chi connectivity index (χ4n) is 0.806. The van der Waals surface area contributed by atoms with E-state index in [1.165, 1.54) is 0 Å². The second kappa shape index (κ2) is 4.52. The molecule has 0 spiro atoms. The molecule has 2 nitrogen and oxygen atoms in total. The summed E-state index contributed by atoms with van der Waals surface area (Å²) in [6, 6.07) is 0. The zero-order chi connectivity index (χ0) is 8.91. The zero-order valence-corrected chi connectivity index (χ0v) is 8.05. The maximum atomic E-state index is 5.52. The predicted molar refractivity (Wildman–Crippen MR) is 46.4 cm³/mol. The van der Waals surface area contributed by atoms with Gasteiger partial charge >= 0.3 is 0 Å². The van der Waals surface area contributed by atoms with Gasteiger partial charge < -0.3 is 9.47 Å². The summed E-state index contributed by atoms with van der Waals surface area (Å²) < 4.78 is 10.6. The SMILES string of the molecule is C/C=C\C(C)OC(C)(C)OC. The van der Waals surface area contributed by atoms with Gasteiger partial charge in [-0.15, -0.1) is 0 Å². The van der Waals surface area contributed by atoms with E-state index in [0.29, 0.717) is 0 Å². The van der Waals surface area contributed by atoms with Gasteiger partial charge in [0.05, 0.1) is 6.10 Å². The molecule has 0 aliphatic carbocycles. The monoisotopic (exact) mass is 158 g/mol. The minimum atomic E-state index is -0.487. The average Bonchev–Trinajstić information content (AvgIpc) is 1.87. The van der Waals surface area contributed by atoms with E-state index in [4.69, 9.17) is 9.47 Å². The van der Waals surface area contributed by atoms with Crippen molar-refractivity contribution in [3.63, 3.8) is 0 Å². The van der Waals surface area contributed by atoms with Crippen LogP contribution >= 0.6 is 0 Å². The topological polar surface area (TPSA) is 18.5 Å². The van der Waals surface area contributed by atoms with Crippen LogP contribution in [0.15, 0.2) is 12.2 Å². The molecule has 2 heteroatoms. The molecule has 0 rings (SSSR count). The Morgan fingerprint density at radius 1 is 1.36 bits per heavy atom. The van der Waals surface area contributed by atoms with Gasteiger partial charge in [-0.05, 0) is 27.7 Å². The third-order valence-corrected chi connectivity index (χ3v) is 1.42. The van der Waals surface area contributed by atoms with Gasteiger partial charge in [-0.25, -0.2) is 0 Å². The summed E-state index contributed by atoms with van der Waals surface area (Å²) in [5.74, 6) is -0.487. The Bertz CT molecular complexity index is 128. The van der Waals surface area contributed by atoms with E-state index < -0.39 is 5.79 Å². The predicted octanol–water partition coefficient (Wildman–Crippen LogP) is 2.35. The van der Waals surface area contributed by atoms with Crippen molar-refractivity contribution in [2.45, 2.75) is 39.6 Å². The molecule has 0 amide bonds. The minimum absolute atomic E-state index is 0.106. The number of hydrogen-bond acceptors (Lipinski definition) is 2. The molecule has 0 aliphatic heterocycles. The van der Waals surface area contributed by atoms with Gasteiger partial charge in [0.25, 0.3) is 0 Å². The smallest absolute Gasteiger partial charge is 0.163 e. The van der Waals surface area contributed by atoms with Crippen LogP contribution in [0.25, 0.3) is 0 Å². The molecule has 0 saturated carbocycles. The minimum Gasteiger partial charge on any atom is -0.354 e. The first-order valence-corrected chi connectivity index (χ1v) is 3.87. The van der Waals surface area contributed by atoms with Crippen molar-refractivity contribution >= 4 is 0 Å². The first-order chi connectivity index (χ1) is 5.02. The van der Waals surface area contributed by atoms with Crippen molar-refractivity contribution < 1.29 is 9.47 Å². The molecule has 0 radical (unpaired) electrons. The highest BCUT2D eigenvalue weighted by atomic mass is 16.7. The summed E-state index contributed by atoms with van der Waals surface area (Å²) in [6.45, 7) is 7.75. The van der Waals surface area contributed by atoms with E-state index in [-0.39, 0.29) is 6.10 Å². The lowest BCUT2D eigenvalue weighted by molar-refractivity contribution is -0.210. The molecule has 0 aromatic rings. The molecular weight excluding hydrogens is 140 g/mol. The first-order valence-electron chi connectivity index (χ1n) is 3.87. The van der Waals surface area contributed by atoms with Crippen molar-refractivity contribution in [1.82, 2.24) is 0 Å². The van der Waals surface area contributed by atoms with Crippen LogP contribution in [0.2, 0.25) is 0 Å². The molecule has 0 N–H and O–H groups in total. The number of ether oxygens (including phenoxy) is 2. The number of hydrogen-bond donors (Lipinski definition) is 0. The third kappa shape index (κ3) is 4.99. The summed E-state index contributed by atoms with van der Waals surface area (Å²) >= 11 is 0. The molecule has 0 saturated heterocycles. The molecule has 1 atom stereocenters. The number of methoxy groups -OCH3 is 1. The summed E-state index contributed by atoms with van der Waals surface area (Å²) in [7, 11) is 1.64. The van der Waals surface area contributed by atoms with E-state index in [1.54, 1.807) is 7.11 Å². The molecule has 0 bridgehead atoms. The molecule has 0 aliphatic rings. The van der Waals surface area contributed by atoms with Crippen molar-refractivity contribution in [1.29, 1.82) is 0 Å². The van der Waals surface area contributed by atoms with Gasteiger partial charge in [-0.3, -0.25) is 0 Å². The van der Waals surface area contributed by atoms with E-state index >= 15 is 0 Å². The normalized spacial score (nSPS) is 15.7. The van der Waals surface area contributed by atoms with Crippen molar-refractivity contribution in [2.75, 3.05) is 7.11 Å². The Labute approximate surface area is 69.2 Å². The van der Waals surface area contributed by atoms with Crippen molar-refractivity contribution in [3.05, 3.63) is 12.2 Å². The van der Waals surface area contributed by atoms with Crippen LogP contribution in [0.1, 0.15) is 27.7 Å². The Kier molecular flexibility index (Phi) is 4.38. The Balaban J connectivity index is 3.82. The maximum Gasteiger partial charge on any atom is 0.163 e. The Morgan fingerprint density at radius 2 is 1.91 bits per heavy atom. The first kappa shape index (κ1) is 10.7. The van der Waals surface area contributed by atoms with Gasteiger partial charge in [-0.2, -0.15) is 0 Å². The summed E-state index contributed by atoms with van der Waals surface area (Å²) in [6.07, 6.45) is 4.06. The van der Waals surface area contributed by atoms with Crippen LogP contribution in [0.5, 0.6) is 0 Å². The highest BCUT2D eigenvalue weighted by Gasteiger charge is 2.18. The Hall–Kier alpha value is -0.340. The van der Waals surface area contributed by atoms with Gasteiger partial charge in [0.15, 0.2) is 5.79 Å². The standard InChI is InChI=1S/C9H18O2/c1-6-7-8(2)11-9(3,4)10-5/h6-8H,1-5H3/b7-6-. The third-order valence-electron chi connectivity index (χ3n) is 1.42. The summed E-state index contributed by atoms with van der Waals surface area (Å²) in [5, 5.41) is 0. The van der Waals surface area contributed by atoms with Crippen LogP contribution < -0.4 is 0 Å². The van der Waals surface area contributed by atoms with Crippen LogP contribution in [-0.4, -0.2) is 19.0 Å². The fraction of sp³-hybridized carbons (Fsp3) is 0.778. The molecular formula is C9H18O2. The molecule has 11 heavy (non-hydrogen) atoms. The van der Waals surface area contributed by atoms with Crippen LogP contribution in [-0.2, 0) is 9.47 Å². The van der Waals surface area contributed by atoms with Gasteiger partial charge in [0.2, 0.25) is 0 Å². The fourth-order valence-corrected chi connectivity index (χ4v) is 0.806. The lowest BCUT2D eigenvalue weighted by Crippen LogP contribution is -2.30. The lowest BCUT2D eigenvalue weighted by Gasteiger charge is -2.26. The number of rotatable bonds is 4. The molecule has 66 valence electrons. The summed E-state index contributed by atoms with van der Waals surface area (Å²) in [5.41, 5.74) is 0. The molecule has 0 aromatic heterocycles. The van der Waals surface area contributed by atoms with E-state index in [0.717, 1.165) is 0 Å². The largest absolute Gasteiger partial charge is 0.354 e. The van der Waals surface area contributed by atoms with Gasteiger partial charge in [-0.1, -0.05) is 12.2 Å².